The van der Waals surface area contributed by atoms with Crippen LogP contribution in [0.1, 0.15) is 30.9 Å². The van der Waals surface area contributed by atoms with Gasteiger partial charge in [-0.05, 0) is 52.9 Å². The quantitative estimate of drug-likeness (QED) is 0.560. The molecular weight excluding hydrogens is 268 g/mol. The smallest absolute Gasteiger partial charge is 0.119 e. The van der Waals surface area contributed by atoms with Crippen LogP contribution in [0, 0.1) is 0 Å². The monoisotopic (exact) mass is 290 g/mol. The molecule has 22 heavy (non-hydrogen) atoms. The lowest BCUT2D eigenvalue weighted by molar-refractivity contribution is 0.306. The molecule has 0 atom stereocenters. The molecule has 1 heteroatoms. The van der Waals surface area contributed by atoms with E-state index in [-0.39, 0.29) is 0 Å². The topological polar surface area (TPSA) is 9.23 Å². The first kappa shape index (κ1) is 14.6. The van der Waals surface area contributed by atoms with Gasteiger partial charge in [0.05, 0.1) is 0 Å². The van der Waals surface area contributed by atoms with Crippen molar-refractivity contribution in [2.45, 2.75) is 32.8 Å². The zero-order valence-corrected chi connectivity index (χ0v) is 13.1. The zero-order chi connectivity index (χ0) is 15.2. The van der Waals surface area contributed by atoms with Crippen molar-refractivity contribution in [1.82, 2.24) is 0 Å². The van der Waals surface area contributed by atoms with Crippen LogP contribution >= 0.6 is 0 Å². The summed E-state index contributed by atoms with van der Waals surface area (Å²) >= 11 is 0. The van der Waals surface area contributed by atoms with Gasteiger partial charge in [0.25, 0.3) is 0 Å². The van der Waals surface area contributed by atoms with E-state index in [1.807, 2.05) is 0 Å². The van der Waals surface area contributed by atoms with Crippen molar-refractivity contribution in [3.8, 4) is 5.75 Å². The Morgan fingerprint density at radius 2 is 1.50 bits per heavy atom. The number of hydrogen-bond donors (Lipinski definition) is 0. The molecular formula is C21H22O. The average Bonchev–Trinajstić information content (AvgIpc) is 2.59. The van der Waals surface area contributed by atoms with Gasteiger partial charge in [0.2, 0.25) is 0 Å². The second kappa shape index (κ2) is 7.13. The van der Waals surface area contributed by atoms with Crippen molar-refractivity contribution in [2.75, 3.05) is 0 Å². The molecule has 0 aliphatic rings. The van der Waals surface area contributed by atoms with Crippen LogP contribution in [-0.4, -0.2) is 0 Å². The maximum Gasteiger partial charge on any atom is 0.119 e. The van der Waals surface area contributed by atoms with Gasteiger partial charge in [-0.1, -0.05) is 61.9 Å². The highest BCUT2D eigenvalue weighted by atomic mass is 16.5. The van der Waals surface area contributed by atoms with E-state index in [4.69, 9.17) is 4.74 Å². The van der Waals surface area contributed by atoms with E-state index >= 15 is 0 Å². The third-order valence-corrected chi connectivity index (χ3v) is 3.96. The standard InChI is InChI=1S/C21H22O/c1-2-3-6-17-10-13-21(14-11-17)22-16-18-9-12-19-7-4-5-8-20(19)15-18/h4-5,7-15H,2-3,6,16H2,1H3. The molecule has 3 aromatic carbocycles. The first-order chi connectivity index (χ1) is 10.8. The van der Waals surface area contributed by atoms with Crippen LogP contribution in [-0.2, 0) is 13.0 Å². The van der Waals surface area contributed by atoms with Crippen LogP contribution in [0.25, 0.3) is 10.8 Å². The Hall–Kier alpha value is -2.28. The van der Waals surface area contributed by atoms with Gasteiger partial charge < -0.3 is 4.74 Å². The van der Waals surface area contributed by atoms with Gasteiger partial charge in [0.1, 0.15) is 12.4 Å². The Balaban J connectivity index is 1.63. The van der Waals surface area contributed by atoms with E-state index in [2.05, 4.69) is 73.7 Å². The first-order valence-electron chi connectivity index (χ1n) is 8.04. The number of fused-ring (bicyclic) bond motifs is 1. The molecule has 112 valence electrons. The van der Waals surface area contributed by atoms with E-state index in [1.165, 1.54) is 34.7 Å². The van der Waals surface area contributed by atoms with Gasteiger partial charge in [-0.25, -0.2) is 0 Å². The summed E-state index contributed by atoms with van der Waals surface area (Å²) in [5, 5.41) is 2.53. The molecule has 0 saturated carbocycles. The normalized spacial score (nSPS) is 10.8. The SMILES string of the molecule is CCCCc1ccc(OCc2ccc3ccccc3c2)cc1. The molecule has 0 radical (unpaired) electrons. The van der Waals surface area contributed by atoms with Crippen molar-refractivity contribution < 1.29 is 4.74 Å². The van der Waals surface area contributed by atoms with Gasteiger partial charge in [-0.15, -0.1) is 0 Å². The Bertz CT molecular complexity index is 728. The fraction of sp³-hybridized carbons (Fsp3) is 0.238. The van der Waals surface area contributed by atoms with E-state index in [0.29, 0.717) is 6.61 Å². The highest BCUT2D eigenvalue weighted by Gasteiger charge is 1.99. The third-order valence-electron chi connectivity index (χ3n) is 3.96. The van der Waals surface area contributed by atoms with Crippen LogP contribution in [0.3, 0.4) is 0 Å². The molecule has 0 heterocycles. The molecule has 0 aliphatic heterocycles. The fourth-order valence-corrected chi connectivity index (χ4v) is 2.63. The molecule has 0 fully saturated rings. The van der Waals surface area contributed by atoms with E-state index < -0.39 is 0 Å². The Morgan fingerprint density at radius 3 is 2.27 bits per heavy atom. The lowest BCUT2D eigenvalue weighted by atomic mass is 10.1. The minimum atomic E-state index is 0.610. The van der Waals surface area contributed by atoms with Crippen LogP contribution < -0.4 is 4.74 Å². The van der Waals surface area contributed by atoms with Crippen LogP contribution in [0.5, 0.6) is 5.75 Å². The molecule has 0 amide bonds. The maximum absolute atomic E-state index is 5.90. The average molecular weight is 290 g/mol. The Morgan fingerprint density at radius 1 is 0.773 bits per heavy atom. The summed E-state index contributed by atoms with van der Waals surface area (Å²) in [5.74, 6) is 0.938. The van der Waals surface area contributed by atoms with Crippen molar-refractivity contribution >= 4 is 10.8 Å². The van der Waals surface area contributed by atoms with E-state index in [1.54, 1.807) is 0 Å². The van der Waals surface area contributed by atoms with Crippen molar-refractivity contribution in [2.24, 2.45) is 0 Å². The summed E-state index contributed by atoms with van der Waals surface area (Å²) in [6, 6.07) is 23.4. The summed E-state index contributed by atoms with van der Waals surface area (Å²) in [5.41, 5.74) is 2.59. The molecule has 0 N–H and O–H groups in total. The molecule has 0 aliphatic carbocycles. The first-order valence-corrected chi connectivity index (χ1v) is 8.04. The minimum Gasteiger partial charge on any atom is -0.489 e. The second-order valence-corrected chi connectivity index (χ2v) is 5.72. The number of ether oxygens (including phenoxy) is 1. The van der Waals surface area contributed by atoms with Crippen LogP contribution in [0.2, 0.25) is 0 Å². The second-order valence-electron chi connectivity index (χ2n) is 5.72. The number of rotatable bonds is 6. The number of unbranched alkanes of at least 4 members (excludes halogenated alkanes) is 1. The van der Waals surface area contributed by atoms with Gasteiger partial charge in [0.15, 0.2) is 0 Å². The Kier molecular flexibility index (Phi) is 4.75. The van der Waals surface area contributed by atoms with Gasteiger partial charge in [-0.2, -0.15) is 0 Å². The zero-order valence-electron chi connectivity index (χ0n) is 13.1. The van der Waals surface area contributed by atoms with Crippen molar-refractivity contribution in [3.05, 3.63) is 77.9 Å². The predicted molar refractivity (Wildman–Crippen MR) is 93.3 cm³/mol. The van der Waals surface area contributed by atoms with E-state index in [9.17, 15) is 0 Å². The van der Waals surface area contributed by atoms with Crippen molar-refractivity contribution in [3.63, 3.8) is 0 Å². The minimum absolute atomic E-state index is 0.610. The van der Waals surface area contributed by atoms with Gasteiger partial charge in [0, 0.05) is 0 Å². The number of benzene rings is 3. The molecule has 3 rings (SSSR count). The lowest BCUT2D eigenvalue weighted by Crippen LogP contribution is -1.95. The highest BCUT2D eigenvalue weighted by molar-refractivity contribution is 5.82. The van der Waals surface area contributed by atoms with Gasteiger partial charge in [-0.3, -0.25) is 0 Å². The molecule has 3 aromatic rings. The molecule has 0 spiro atoms. The van der Waals surface area contributed by atoms with Crippen LogP contribution in [0.15, 0.2) is 66.7 Å². The summed E-state index contributed by atoms with van der Waals surface area (Å²) in [7, 11) is 0. The molecule has 1 nitrogen and oxygen atoms in total. The Labute approximate surface area is 132 Å². The lowest BCUT2D eigenvalue weighted by Gasteiger charge is -2.08. The number of hydrogen-bond acceptors (Lipinski definition) is 1. The fourth-order valence-electron chi connectivity index (χ4n) is 2.63. The number of aryl methyl sites for hydroxylation is 1. The van der Waals surface area contributed by atoms with E-state index in [0.717, 1.165) is 12.2 Å². The summed E-state index contributed by atoms with van der Waals surface area (Å²) in [6.45, 7) is 2.83. The summed E-state index contributed by atoms with van der Waals surface area (Å²) in [4.78, 5) is 0. The summed E-state index contributed by atoms with van der Waals surface area (Å²) < 4.78 is 5.90. The predicted octanol–water partition coefficient (Wildman–Crippen LogP) is 5.76. The summed E-state index contributed by atoms with van der Waals surface area (Å²) in [6.07, 6.45) is 3.64. The third kappa shape index (κ3) is 3.67. The largest absolute Gasteiger partial charge is 0.489 e. The molecule has 0 saturated heterocycles. The molecule has 0 unspecified atom stereocenters. The maximum atomic E-state index is 5.90. The van der Waals surface area contributed by atoms with Crippen molar-refractivity contribution in [1.29, 1.82) is 0 Å². The molecule has 0 aromatic heterocycles. The highest BCUT2D eigenvalue weighted by Crippen LogP contribution is 2.19. The van der Waals surface area contributed by atoms with Gasteiger partial charge >= 0.3 is 0 Å². The molecule has 0 bridgehead atoms. The van der Waals surface area contributed by atoms with Crippen LogP contribution in [0.4, 0.5) is 0 Å².